The van der Waals surface area contributed by atoms with Gasteiger partial charge in [0.15, 0.2) is 0 Å². The van der Waals surface area contributed by atoms with Crippen LogP contribution in [0.5, 0.6) is 0 Å². The molecule has 6 aromatic carbocycles. The Bertz CT molecular complexity index is 2970. The van der Waals surface area contributed by atoms with Crippen molar-refractivity contribution >= 4 is 72.5 Å². The van der Waals surface area contributed by atoms with Gasteiger partial charge >= 0.3 is 11.9 Å². The number of carbonyl (C=O) groups is 4. The van der Waals surface area contributed by atoms with Crippen LogP contribution in [0.4, 0.5) is 5.69 Å². The van der Waals surface area contributed by atoms with E-state index in [-0.39, 0.29) is 0 Å². The highest BCUT2D eigenvalue weighted by atomic mass is 16.6. The third kappa shape index (κ3) is 4.11. The molecule has 9 nitrogen and oxygen atoms in total. The van der Waals surface area contributed by atoms with Gasteiger partial charge in [-0.25, -0.2) is 19.5 Å². The Morgan fingerprint density at radius 1 is 0.426 bits per heavy atom. The number of cyclic esters (lactones) is 2. The summed E-state index contributed by atoms with van der Waals surface area (Å²) >= 11 is 0. The van der Waals surface area contributed by atoms with Crippen molar-refractivity contribution in [2.75, 3.05) is 4.90 Å². The van der Waals surface area contributed by atoms with E-state index in [1.165, 1.54) is 4.90 Å². The first-order chi connectivity index (χ1) is 26.4. The van der Waals surface area contributed by atoms with E-state index in [1.807, 2.05) is 84.9 Å². The lowest BCUT2D eigenvalue weighted by molar-refractivity contribution is 0.0390. The maximum atomic E-state index is 14.3. The van der Waals surface area contributed by atoms with Gasteiger partial charge in [0.1, 0.15) is 0 Å². The minimum absolute atomic E-state index is 0.331. The van der Waals surface area contributed by atoms with Gasteiger partial charge in [-0.3, -0.25) is 19.6 Å². The first-order valence-corrected chi connectivity index (χ1v) is 17.3. The van der Waals surface area contributed by atoms with Crippen LogP contribution in [0.2, 0.25) is 0 Å². The monoisotopic (exact) mass is 698 g/mol. The number of pyridine rings is 3. The second kappa shape index (κ2) is 10.9. The van der Waals surface area contributed by atoms with Crippen molar-refractivity contribution in [2.24, 2.45) is 0 Å². The number of anilines is 1. The second-order valence-corrected chi connectivity index (χ2v) is 13.4. The molecule has 2 aliphatic rings. The molecular weight excluding hydrogens is 677 g/mol. The summed E-state index contributed by atoms with van der Waals surface area (Å²) in [5.41, 5.74) is 6.49. The van der Waals surface area contributed by atoms with Gasteiger partial charge in [0.2, 0.25) is 0 Å². The minimum Gasteiger partial charge on any atom is -0.386 e. The Hall–Kier alpha value is -7.65. The number of esters is 2. The molecule has 0 fully saturated rings. The molecule has 9 heteroatoms. The normalized spacial score (nSPS) is 13.8. The number of rotatable bonds is 4. The second-order valence-electron chi connectivity index (χ2n) is 13.4. The molecule has 5 heterocycles. The van der Waals surface area contributed by atoms with E-state index in [0.717, 1.165) is 54.8 Å². The Kier molecular flexibility index (Phi) is 6.07. The van der Waals surface area contributed by atoms with E-state index in [1.54, 1.807) is 48.8 Å². The van der Waals surface area contributed by atoms with Crippen LogP contribution in [0, 0.1) is 0 Å². The summed E-state index contributed by atoms with van der Waals surface area (Å²) in [7, 11) is 0. The zero-order valence-corrected chi connectivity index (χ0v) is 28.0. The molecular formula is C45H22N4O5. The minimum atomic E-state index is -0.680. The van der Waals surface area contributed by atoms with Crippen LogP contribution in [0.25, 0.3) is 77.0 Å². The standard InChI is InChI=1S/C45H22N4O5/c50-42-30-15-11-26-28-13-17-32-41-33(45(53)54-44(32)52)18-14-29(39(28)41)27-12-16-31(40(30)38(26)27)43(51)49(42)25-9-7-23(8-10-25)24-21-36(34-5-1-3-19-46-34)48-37(22-24)35-6-2-4-20-47-35/h1-22H. The quantitative estimate of drug-likeness (QED) is 0.0587. The lowest BCUT2D eigenvalue weighted by atomic mass is 9.83. The van der Waals surface area contributed by atoms with Crippen LogP contribution in [0.15, 0.2) is 134 Å². The number of ether oxygens (including phenoxy) is 1. The predicted octanol–water partition coefficient (Wildman–Crippen LogP) is 9.03. The highest BCUT2D eigenvalue weighted by molar-refractivity contribution is 6.43. The zero-order valence-electron chi connectivity index (χ0n) is 28.0. The van der Waals surface area contributed by atoms with Crippen molar-refractivity contribution in [3.05, 3.63) is 156 Å². The molecule has 2 aliphatic heterocycles. The maximum absolute atomic E-state index is 14.3. The number of nitrogens with zero attached hydrogens (tertiary/aromatic N) is 4. The van der Waals surface area contributed by atoms with Gasteiger partial charge in [0.25, 0.3) is 11.8 Å². The molecule has 0 spiro atoms. The Balaban J connectivity index is 1.03. The van der Waals surface area contributed by atoms with Crippen molar-refractivity contribution in [3.8, 4) is 33.9 Å². The summed E-state index contributed by atoms with van der Waals surface area (Å²) < 4.78 is 4.99. The summed E-state index contributed by atoms with van der Waals surface area (Å²) in [5, 5.41) is 5.97. The van der Waals surface area contributed by atoms with Gasteiger partial charge < -0.3 is 4.74 Å². The Labute approximate surface area is 305 Å². The molecule has 9 aromatic rings. The highest BCUT2D eigenvalue weighted by Crippen LogP contribution is 2.46. The van der Waals surface area contributed by atoms with Crippen LogP contribution in [0.1, 0.15) is 41.4 Å². The van der Waals surface area contributed by atoms with E-state index in [0.29, 0.717) is 50.1 Å². The number of imide groups is 1. The molecule has 0 saturated heterocycles. The van der Waals surface area contributed by atoms with Gasteiger partial charge in [-0.15, -0.1) is 0 Å². The molecule has 252 valence electrons. The average Bonchev–Trinajstić information content (AvgIpc) is 3.22. The summed E-state index contributed by atoms with van der Waals surface area (Å²) in [4.78, 5) is 69.2. The van der Waals surface area contributed by atoms with Crippen LogP contribution in [-0.4, -0.2) is 38.7 Å². The number of hydrogen-bond acceptors (Lipinski definition) is 8. The van der Waals surface area contributed by atoms with Crippen molar-refractivity contribution in [3.63, 3.8) is 0 Å². The number of aromatic nitrogens is 3. The summed E-state index contributed by atoms with van der Waals surface area (Å²) in [6.45, 7) is 0. The molecule has 0 atom stereocenters. The molecule has 0 radical (unpaired) electrons. The number of benzene rings is 6. The molecule has 11 rings (SSSR count). The molecule has 2 amide bonds. The van der Waals surface area contributed by atoms with Crippen molar-refractivity contribution < 1.29 is 23.9 Å². The van der Waals surface area contributed by atoms with Crippen LogP contribution in [0.3, 0.4) is 0 Å². The van der Waals surface area contributed by atoms with Crippen LogP contribution in [-0.2, 0) is 4.74 Å². The van der Waals surface area contributed by atoms with E-state index < -0.39 is 23.8 Å². The van der Waals surface area contributed by atoms with Crippen LogP contribution >= 0.6 is 0 Å². The van der Waals surface area contributed by atoms with E-state index in [2.05, 4.69) is 9.97 Å². The topological polar surface area (TPSA) is 119 Å². The first kappa shape index (κ1) is 30.0. The largest absolute Gasteiger partial charge is 0.386 e. The summed E-state index contributed by atoms with van der Waals surface area (Å²) in [5.74, 6) is -2.21. The molecule has 54 heavy (non-hydrogen) atoms. The summed E-state index contributed by atoms with van der Waals surface area (Å²) in [6.07, 6.45) is 3.45. The Morgan fingerprint density at radius 3 is 1.35 bits per heavy atom. The molecule has 0 bridgehead atoms. The number of fused-ring (bicyclic) bond motifs is 2. The van der Waals surface area contributed by atoms with Gasteiger partial charge in [0.05, 0.1) is 39.6 Å². The highest BCUT2D eigenvalue weighted by Gasteiger charge is 2.36. The van der Waals surface area contributed by atoms with Crippen molar-refractivity contribution in [1.29, 1.82) is 0 Å². The lowest BCUT2D eigenvalue weighted by Crippen LogP contribution is -2.40. The third-order valence-electron chi connectivity index (χ3n) is 10.5. The fourth-order valence-corrected chi connectivity index (χ4v) is 8.14. The number of amides is 2. The number of hydrogen-bond donors (Lipinski definition) is 0. The van der Waals surface area contributed by atoms with E-state index >= 15 is 0 Å². The zero-order chi connectivity index (χ0) is 36.2. The van der Waals surface area contributed by atoms with E-state index in [9.17, 15) is 19.2 Å². The van der Waals surface area contributed by atoms with Gasteiger partial charge in [-0.1, -0.05) is 48.5 Å². The molecule has 0 N–H and O–H groups in total. The third-order valence-corrected chi connectivity index (χ3v) is 10.5. The van der Waals surface area contributed by atoms with E-state index in [4.69, 9.17) is 9.72 Å². The average molecular weight is 699 g/mol. The smallest absolute Gasteiger partial charge is 0.346 e. The maximum Gasteiger partial charge on any atom is 0.346 e. The molecule has 3 aromatic heterocycles. The van der Waals surface area contributed by atoms with Crippen LogP contribution < -0.4 is 4.90 Å². The van der Waals surface area contributed by atoms with Crippen molar-refractivity contribution in [1.82, 2.24) is 15.0 Å². The number of carbonyl (C=O) groups excluding carboxylic acids is 4. The lowest BCUT2D eigenvalue weighted by Gasteiger charge is -2.29. The molecule has 0 unspecified atom stereocenters. The SMILES string of the molecule is O=C1OC(=O)c2ccc3c4ccc5c6c(ccc(c7ccc1c2c73)c64)C(=O)N(c1ccc(-c2cc(-c3ccccn3)nc(-c3ccccn3)c2)cc1)C5=O. The fraction of sp³-hybridized carbons (Fsp3) is 0. The van der Waals surface area contributed by atoms with Gasteiger partial charge in [-0.05, 0) is 116 Å². The fourth-order valence-electron chi connectivity index (χ4n) is 8.14. The predicted molar refractivity (Wildman–Crippen MR) is 205 cm³/mol. The van der Waals surface area contributed by atoms with Gasteiger partial charge in [-0.2, -0.15) is 0 Å². The Morgan fingerprint density at radius 2 is 0.889 bits per heavy atom. The molecule has 0 aliphatic carbocycles. The van der Waals surface area contributed by atoms with Gasteiger partial charge in [0, 0.05) is 34.3 Å². The molecule has 0 saturated carbocycles. The first-order valence-electron chi connectivity index (χ1n) is 17.3. The van der Waals surface area contributed by atoms with Crippen molar-refractivity contribution in [2.45, 2.75) is 0 Å². The summed E-state index contributed by atoms with van der Waals surface area (Å²) in [6, 6.07) is 36.9.